The number of carbonyl (C=O) groups is 3. The minimum absolute atomic E-state index is 0.0376. The number of amides is 4. The molecular weight excluding hydrogens is 496 g/mol. The van der Waals surface area contributed by atoms with Gasteiger partial charge in [-0.1, -0.05) is 12.1 Å². The molecule has 4 N–H and O–H groups in total. The third-order valence-electron chi connectivity index (χ3n) is 5.19. The van der Waals surface area contributed by atoms with Crippen LogP contribution < -0.4 is 15.8 Å². The Kier molecular flexibility index (Phi) is 9.01. The molecule has 1 saturated heterocycles. The van der Waals surface area contributed by atoms with Gasteiger partial charge in [-0.15, -0.1) is 11.3 Å². The van der Waals surface area contributed by atoms with Gasteiger partial charge in [-0.25, -0.2) is 28.1 Å². The van der Waals surface area contributed by atoms with Crippen LogP contribution in [-0.2, 0) is 32.4 Å². The molecule has 0 saturated carbocycles. The number of benzene rings is 1. The number of aromatic nitrogens is 1. The van der Waals surface area contributed by atoms with E-state index in [-0.39, 0.29) is 29.3 Å². The van der Waals surface area contributed by atoms with E-state index in [0.717, 1.165) is 5.56 Å². The molecule has 1 aromatic heterocycles. The molecule has 4 amide bonds. The standard InChI is InChI=1S/C21H28N6O6S2/c1-2-33-21(30)27-11-9-26(10-12-27)20(29)25-19-24-16(14-34-19)13-18(28)23-8-7-15-3-5-17(6-4-15)35(22,31)32/h3-6,14H,2,7-13H2,1H3,(H,23,28)(H2,22,31,32)(H,24,25,29). The Bertz CT molecular complexity index is 1140. The first-order valence-corrected chi connectivity index (χ1v) is 13.4. The molecule has 12 nitrogen and oxygen atoms in total. The van der Waals surface area contributed by atoms with Gasteiger partial charge < -0.3 is 19.9 Å². The predicted octanol–water partition coefficient (Wildman–Crippen LogP) is 0.998. The van der Waals surface area contributed by atoms with Crippen LogP contribution >= 0.6 is 11.3 Å². The van der Waals surface area contributed by atoms with Crippen molar-refractivity contribution >= 4 is 44.5 Å². The molecule has 190 valence electrons. The maximum absolute atomic E-state index is 12.5. The number of anilines is 1. The second-order valence-electron chi connectivity index (χ2n) is 7.71. The van der Waals surface area contributed by atoms with Crippen LogP contribution in [0.3, 0.4) is 0 Å². The normalized spacial score (nSPS) is 13.9. The number of nitrogens with zero attached hydrogens (tertiary/aromatic N) is 3. The van der Waals surface area contributed by atoms with Gasteiger partial charge >= 0.3 is 12.1 Å². The second kappa shape index (κ2) is 12.0. The van der Waals surface area contributed by atoms with Crippen molar-refractivity contribution in [3.05, 3.63) is 40.9 Å². The summed E-state index contributed by atoms with van der Waals surface area (Å²) in [6.07, 6.45) is 0.211. The minimum Gasteiger partial charge on any atom is -0.450 e. The van der Waals surface area contributed by atoms with Crippen molar-refractivity contribution < 1.29 is 27.5 Å². The number of sulfonamides is 1. The quantitative estimate of drug-likeness (QED) is 0.463. The van der Waals surface area contributed by atoms with Crippen LogP contribution in [0, 0.1) is 0 Å². The summed E-state index contributed by atoms with van der Waals surface area (Å²) in [4.78, 5) is 44.0. The number of urea groups is 1. The van der Waals surface area contributed by atoms with Gasteiger partial charge in [-0.05, 0) is 31.0 Å². The van der Waals surface area contributed by atoms with Crippen molar-refractivity contribution in [1.29, 1.82) is 0 Å². The summed E-state index contributed by atoms with van der Waals surface area (Å²) in [5.74, 6) is -0.218. The number of nitrogens with one attached hydrogen (secondary N) is 2. The van der Waals surface area contributed by atoms with Gasteiger partial charge in [0.05, 0.1) is 23.6 Å². The van der Waals surface area contributed by atoms with Gasteiger partial charge in [0, 0.05) is 38.1 Å². The molecule has 2 aromatic rings. The smallest absolute Gasteiger partial charge is 0.409 e. The molecule has 14 heteroatoms. The monoisotopic (exact) mass is 524 g/mol. The molecule has 1 fully saturated rings. The summed E-state index contributed by atoms with van der Waals surface area (Å²) in [5.41, 5.74) is 1.40. The van der Waals surface area contributed by atoms with Gasteiger partial charge in [-0.2, -0.15) is 0 Å². The Balaban J connectivity index is 1.39. The molecule has 0 unspecified atom stereocenters. The zero-order valence-corrected chi connectivity index (χ0v) is 20.9. The molecule has 0 spiro atoms. The van der Waals surface area contributed by atoms with Gasteiger partial charge in [0.1, 0.15) is 0 Å². The molecule has 0 radical (unpaired) electrons. The number of ether oxygens (including phenoxy) is 1. The van der Waals surface area contributed by atoms with Crippen molar-refractivity contribution in [3.63, 3.8) is 0 Å². The summed E-state index contributed by atoms with van der Waals surface area (Å²) in [7, 11) is -3.73. The SMILES string of the molecule is CCOC(=O)N1CCN(C(=O)Nc2nc(CC(=O)NCCc3ccc(S(N)(=O)=O)cc3)cs2)CC1. The average Bonchev–Trinajstić information content (AvgIpc) is 3.25. The van der Waals surface area contributed by atoms with E-state index in [1.807, 2.05) is 0 Å². The molecule has 1 aliphatic rings. The number of piperazine rings is 1. The summed E-state index contributed by atoms with van der Waals surface area (Å²) in [6.45, 7) is 3.98. The average molecular weight is 525 g/mol. The number of hydrogen-bond acceptors (Lipinski definition) is 8. The second-order valence-corrected chi connectivity index (χ2v) is 10.1. The van der Waals surface area contributed by atoms with E-state index in [0.29, 0.717) is 56.6 Å². The predicted molar refractivity (Wildman–Crippen MR) is 130 cm³/mol. The van der Waals surface area contributed by atoms with E-state index in [1.54, 1.807) is 34.2 Å². The lowest BCUT2D eigenvalue weighted by atomic mass is 10.1. The fraction of sp³-hybridized carbons (Fsp3) is 0.429. The molecule has 1 aliphatic heterocycles. The lowest BCUT2D eigenvalue weighted by Crippen LogP contribution is -2.51. The zero-order chi connectivity index (χ0) is 25.4. The highest BCUT2D eigenvalue weighted by molar-refractivity contribution is 7.89. The van der Waals surface area contributed by atoms with Crippen LogP contribution in [0.4, 0.5) is 14.7 Å². The Morgan fingerprint density at radius 3 is 2.40 bits per heavy atom. The number of thiazole rings is 1. The summed E-state index contributed by atoms with van der Waals surface area (Å²) < 4.78 is 27.6. The summed E-state index contributed by atoms with van der Waals surface area (Å²) >= 11 is 1.23. The Labute approximate surface area is 207 Å². The van der Waals surface area contributed by atoms with E-state index in [4.69, 9.17) is 9.88 Å². The number of hydrogen-bond donors (Lipinski definition) is 3. The highest BCUT2D eigenvalue weighted by Crippen LogP contribution is 2.17. The largest absolute Gasteiger partial charge is 0.450 e. The molecule has 0 bridgehead atoms. The van der Waals surface area contributed by atoms with E-state index in [1.165, 1.54) is 23.5 Å². The zero-order valence-electron chi connectivity index (χ0n) is 19.2. The van der Waals surface area contributed by atoms with Crippen LogP contribution in [0.5, 0.6) is 0 Å². The van der Waals surface area contributed by atoms with Crippen LogP contribution in [0.1, 0.15) is 18.2 Å². The molecule has 2 heterocycles. The van der Waals surface area contributed by atoms with Gasteiger partial charge in [0.25, 0.3) is 0 Å². The fourth-order valence-electron chi connectivity index (χ4n) is 3.34. The molecule has 0 atom stereocenters. The first-order valence-electron chi connectivity index (χ1n) is 11.0. The Hall–Kier alpha value is -3.23. The topological polar surface area (TPSA) is 164 Å². The first kappa shape index (κ1) is 26.4. The van der Waals surface area contributed by atoms with E-state index >= 15 is 0 Å². The van der Waals surface area contributed by atoms with Crippen LogP contribution in [-0.4, -0.2) is 80.6 Å². The van der Waals surface area contributed by atoms with Crippen LogP contribution in [0.2, 0.25) is 0 Å². The number of nitrogens with two attached hydrogens (primary N) is 1. The fourth-order valence-corrected chi connectivity index (χ4v) is 4.56. The van der Waals surface area contributed by atoms with Gasteiger partial charge in [0.2, 0.25) is 15.9 Å². The Morgan fingerprint density at radius 1 is 1.11 bits per heavy atom. The number of primary sulfonamides is 1. The van der Waals surface area contributed by atoms with Gasteiger partial charge in [0.15, 0.2) is 5.13 Å². The maximum atomic E-state index is 12.5. The summed E-state index contributed by atoms with van der Waals surface area (Å²) in [5, 5.41) is 12.7. The number of rotatable bonds is 8. The van der Waals surface area contributed by atoms with Crippen molar-refractivity contribution in [2.75, 3.05) is 44.6 Å². The van der Waals surface area contributed by atoms with Crippen LogP contribution in [0.25, 0.3) is 0 Å². The highest BCUT2D eigenvalue weighted by Gasteiger charge is 2.25. The highest BCUT2D eigenvalue weighted by atomic mass is 32.2. The van der Waals surface area contributed by atoms with Gasteiger partial charge in [-0.3, -0.25) is 10.1 Å². The van der Waals surface area contributed by atoms with E-state index in [9.17, 15) is 22.8 Å². The molecule has 1 aromatic carbocycles. The van der Waals surface area contributed by atoms with E-state index < -0.39 is 10.0 Å². The molecule has 0 aliphatic carbocycles. The molecule has 35 heavy (non-hydrogen) atoms. The van der Waals surface area contributed by atoms with Crippen molar-refractivity contribution in [1.82, 2.24) is 20.1 Å². The lowest BCUT2D eigenvalue weighted by Gasteiger charge is -2.33. The third kappa shape index (κ3) is 7.90. The first-order chi connectivity index (χ1) is 16.7. The minimum atomic E-state index is -3.73. The number of carbonyl (C=O) groups excluding carboxylic acids is 3. The van der Waals surface area contributed by atoms with E-state index in [2.05, 4.69) is 15.6 Å². The van der Waals surface area contributed by atoms with Crippen molar-refractivity contribution in [3.8, 4) is 0 Å². The van der Waals surface area contributed by atoms with Crippen molar-refractivity contribution in [2.45, 2.75) is 24.7 Å². The Morgan fingerprint density at radius 2 is 1.77 bits per heavy atom. The maximum Gasteiger partial charge on any atom is 0.409 e. The van der Waals surface area contributed by atoms with Crippen LogP contribution in [0.15, 0.2) is 34.5 Å². The summed E-state index contributed by atoms with van der Waals surface area (Å²) in [6, 6.07) is 5.85. The molecule has 3 rings (SSSR count). The lowest BCUT2D eigenvalue weighted by molar-refractivity contribution is -0.120. The third-order valence-corrected chi connectivity index (χ3v) is 6.92. The molecular formula is C21H28N6O6S2. The van der Waals surface area contributed by atoms with Crippen molar-refractivity contribution in [2.24, 2.45) is 5.14 Å².